The molecule has 4 atom stereocenters. The number of aromatic nitrogens is 3. The lowest BCUT2D eigenvalue weighted by atomic mass is 9.89. The number of rotatable bonds is 5. The Bertz CT molecular complexity index is 957. The first-order valence-electron chi connectivity index (χ1n) is 10.1. The Morgan fingerprint density at radius 1 is 1.32 bits per heavy atom. The Labute approximate surface area is 169 Å². The van der Waals surface area contributed by atoms with Crippen LogP contribution in [0.2, 0.25) is 0 Å². The van der Waals surface area contributed by atoms with Crippen LogP contribution in [0.5, 0.6) is 11.6 Å². The number of ether oxygens (including phenoxy) is 1. The summed E-state index contributed by atoms with van der Waals surface area (Å²) in [4.78, 5) is 7.75. The van der Waals surface area contributed by atoms with Gasteiger partial charge in [0.05, 0.1) is 20.2 Å². The van der Waals surface area contributed by atoms with Gasteiger partial charge in [-0.3, -0.25) is 0 Å². The van der Waals surface area contributed by atoms with Crippen molar-refractivity contribution in [3.63, 3.8) is 0 Å². The van der Waals surface area contributed by atoms with E-state index in [0.717, 1.165) is 46.5 Å². The number of fused-ring (bicyclic) bond motifs is 1. The van der Waals surface area contributed by atoms with Crippen LogP contribution in [0.4, 0.5) is 0 Å². The average Bonchev–Trinajstić information content (AvgIpc) is 3.21. The second kappa shape index (κ2) is 7.72. The first kappa shape index (κ1) is 19.2. The van der Waals surface area contributed by atoms with Gasteiger partial charge in [-0.2, -0.15) is 4.52 Å². The number of methoxy groups -OCH3 is 1. The van der Waals surface area contributed by atoms with E-state index in [0.29, 0.717) is 11.8 Å². The van der Waals surface area contributed by atoms with E-state index in [-0.39, 0.29) is 11.9 Å². The Morgan fingerprint density at radius 3 is 2.71 bits per heavy atom. The molecule has 1 aliphatic heterocycles. The molecule has 1 aliphatic rings. The smallest absolute Gasteiger partial charge is 0.235 e. The molecule has 0 amide bonds. The summed E-state index contributed by atoms with van der Waals surface area (Å²) >= 11 is 1.55. The Hall–Kier alpha value is -2.12. The van der Waals surface area contributed by atoms with Gasteiger partial charge in [-0.05, 0) is 18.6 Å². The molecule has 0 bridgehead atoms. The van der Waals surface area contributed by atoms with Crippen LogP contribution in [0.3, 0.4) is 0 Å². The molecule has 6 nitrogen and oxygen atoms in total. The molecule has 4 rings (SSSR count). The number of quaternary nitrogens is 1. The highest BCUT2D eigenvalue weighted by molar-refractivity contribution is 7.17. The zero-order valence-electron chi connectivity index (χ0n) is 17.0. The van der Waals surface area contributed by atoms with Crippen LogP contribution < -0.4 is 9.64 Å². The van der Waals surface area contributed by atoms with Crippen LogP contribution >= 0.6 is 11.3 Å². The predicted molar refractivity (Wildman–Crippen MR) is 110 cm³/mol. The maximum Gasteiger partial charge on any atom is 0.235 e. The number of aryl methyl sites for hydroxylation is 1. The summed E-state index contributed by atoms with van der Waals surface area (Å²) in [5.74, 6) is 3.13. The lowest BCUT2D eigenvalue weighted by molar-refractivity contribution is -0.936. The monoisotopic (exact) mass is 401 g/mol. The standard InChI is InChI=1S/C21H28N4O2S/c1-5-17-22-21-25(23-17)20(26)19(28-21)18(15-7-6-8-16(10-15)27-4)24-11-13(2)9-14(3)12-24/h6-8,10,13-14,18,26H,5,9,11-12H2,1-4H3/p+1/t13-,14+,18-/m1/s1. The fourth-order valence-electron chi connectivity index (χ4n) is 4.59. The van der Waals surface area contributed by atoms with Crippen molar-refractivity contribution < 1.29 is 14.7 Å². The molecule has 1 aromatic carbocycles. The highest BCUT2D eigenvalue weighted by atomic mass is 32.1. The van der Waals surface area contributed by atoms with Crippen molar-refractivity contribution in [2.45, 2.75) is 39.7 Å². The minimum absolute atomic E-state index is 0.0406. The molecule has 0 aliphatic carbocycles. The molecule has 7 heteroatoms. The molecule has 150 valence electrons. The number of likely N-dealkylation sites (tertiary alicyclic amines) is 1. The molecule has 1 unspecified atom stereocenters. The third kappa shape index (κ3) is 3.49. The van der Waals surface area contributed by atoms with Crippen molar-refractivity contribution in [2.24, 2.45) is 11.8 Å². The number of benzene rings is 1. The molecule has 2 N–H and O–H groups in total. The topological polar surface area (TPSA) is 64.1 Å². The maximum absolute atomic E-state index is 11.0. The average molecular weight is 402 g/mol. The molecule has 0 spiro atoms. The quantitative estimate of drug-likeness (QED) is 0.690. The largest absolute Gasteiger partial charge is 0.497 e. The van der Waals surface area contributed by atoms with Gasteiger partial charge in [-0.1, -0.05) is 44.2 Å². The third-order valence-corrected chi connectivity index (χ3v) is 6.77. The molecule has 28 heavy (non-hydrogen) atoms. The highest BCUT2D eigenvalue weighted by Crippen LogP contribution is 2.36. The predicted octanol–water partition coefficient (Wildman–Crippen LogP) is 2.72. The fraction of sp³-hybridized carbons (Fsp3) is 0.524. The van der Waals surface area contributed by atoms with Crippen molar-refractivity contribution in [3.8, 4) is 11.6 Å². The van der Waals surface area contributed by atoms with Crippen LogP contribution in [-0.4, -0.2) is 39.9 Å². The van der Waals surface area contributed by atoms with E-state index in [1.807, 2.05) is 19.1 Å². The van der Waals surface area contributed by atoms with Gasteiger partial charge in [0, 0.05) is 23.8 Å². The minimum Gasteiger partial charge on any atom is -0.497 e. The Morgan fingerprint density at radius 2 is 2.07 bits per heavy atom. The third-order valence-electron chi connectivity index (χ3n) is 5.68. The first-order valence-corrected chi connectivity index (χ1v) is 10.9. The molecule has 1 saturated heterocycles. The Balaban J connectivity index is 1.82. The molecular weight excluding hydrogens is 372 g/mol. The van der Waals surface area contributed by atoms with E-state index in [1.165, 1.54) is 11.3 Å². The van der Waals surface area contributed by atoms with Crippen LogP contribution in [0.25, 0.3) is 4.96 Å². The van der Waals surface area contributed by atoms with Gasteiger partial charge >= 0.3 is 0 Å². The van der Waals surface area contributed by atoms with E-state index in [4.69, 9.17) is 4.74 Å². The lowest BCUT2D eigenvalue weighted by Gasteiger charge is -2.37. The summed E-state index contributed by atoms with van der Waals surface area (Å²) in [6.45, 7) is 8.85. The summed E-state index contributed by atoms with van der Waals surface area (Å²) in [5.41, 5.74) is 1.16. The van der Waals surface area contributed by atoms with Gasteiger partial charge in [-0.25, -0.2) is 4.98 Å². The number of hydrogen-bond donors (Lipinski definition) is 2. The van der Waals surface area contributed by atoms with Gasteiger partial charge < -0.3 is 14.7 Å². The normalized spacial score (nSPS) is 23.8. The van der Waals surface area contributed by atoms with E-state index in [9.17, 15) is 5.11 Å². The number of thiazole rings is 1. The maximum atomic E-state index is 11.0. The molecule has 1 fully saturated rings. The van der Waals surface area contributed by atoms with Crippen molar-refractivity contribution in [3.05, 3.63) is 40.5 Å². The second-order valence-electron chi connectivity index (χ2n) is 8.09. The molecule has 3 aromatic rings. The summed E-state index contributed by atoms with van der Waals surface area (Å²) in [7, 11) is 1.69. The zero-order valence-corrected chi connectivity index (χ0v) is 17.8. The van der Waals surface area contributed by atoms with Gasteiger partial charge in [0.15, 0.2) is 11.9 Å². The summed E-state index contributed by atoms with van der Waals surface area (Å²) in [6.07, 6.45) is 2.02. The highest BCUT2D eigenvalue weighted by Gasteiger charge is 2.37. The van der Waals surface area contributed by atoms with Crippen LogP contribution in [-0.2, 0) is 6.42 Å². The SMILES string of the molecule is CCc1nc2sc([C@@H](c3cccc(OC)c3)[NH+]3C[C@H](C)C[C@H](C)C3)c(O)n2n1. The zero-order chi connectivity index (χ0) is 19.8. The molecule has 0 radical (unpaired) electrons. The van der Waals surface area contributed by atoms with Crippen LogP contribution in [0.1, 0.15) is 49.5 Å². The molecule has 3 heterocycles. The number of piperidine rings is 1. The van der Waals surface area contributed by atoms with Gasteiger partial charge in [0.25, 0.3) is 0 Å². The number of aromatic hydroxyl groups is 1. The van der Waals surface area contributed by atoms with Crippen LogP contribution in [0.15, 0.2) is 24.3 Å². The van der Waals surface area contributed by atoms with Gasteiger partial charge in [0.1, 0.15) is 10.6 Å². The Kier molecular flexibility index (Phi) is 5.29. The number of nitrogens with zero attached hydrogens (tertiary/aromatic N) is 3. The summed E-state index contributed by atoms with van der Waals surface area (Å²) < 4.78 is 7.08. The second-order valence-corrected chi connectivity index (χ2v) is 9.10. The number of hydrogen-bond acceptors (Lipinski definition) is 5. The van der Waals surface area contributed by atoms with E-state index in [1.54, 1.807) is 23.0 Å². The van der Waals surface area contributed by atoms with Gasteiger partial charge in [-0.15, -0.1) is 5.10 Å². The van der Waals surface area contributed by atoms with Gasteiger partial charge in [0.2, 0.25) is 10.8 Å². The van der Waals surface area contributed by atoms with Crippen LogP contribution in [0, 0.1) is 11.8 Å². The fourth-order valence-corrected chi connectivity index (χ4v) is 5.75. The van der Waals surface area contributed by atoms with Crippen molar-refractivity contribution >= 4 is 16.3 Å². The molecular formula is C21H29N4O2S+. The first-order chi connectivity index (χ1) is 13.5. The van der Waals surface area contributed by atoms with Crippen molar-refractivity contribution in [2.75, 3.05) is 20.2 Å². The molecule has 0 saturated carbocycles. The number of nitrogens with one attached hydrogen (secondary N) is 1. The molecule has 2 aromatic heterocycles. The minimum atomic E-state index is 0.0406. The summed E-state index contributed by atoms with van der Waals surface area (Å²) in [6, 6.07) is 8.26. The van der Waals surface area contributed by atoms with Crippen molar-refractivity contribution in [1.29, 1.82) is 0 Å². The lowest BCUT2D eigenvalue weighted by Crippen LogP contribution is -3.14. The van der Waals surface area contributed by atoms with E-state index < -0.39 is 0 Å². The van der Waals surface area contributed by atoms with Crippen molar-refractivity contribution in [1.82, 2.24) is 14.6 Å². The van der Waals surface area contributed by atoms with E-state index >= 15 is 0 Å². The van der Waals surface area contributed by atoms with E-state index in [2.05, 4.69) is 36.1 Å². The summed E-state index contributed by atoms with van der Waals surface area (Å²) in [5, 5.41) is 15.5.